The van der Waals surface area contributed by atoms with E-state index in [9.17, 15) is 4.79 Å². The fraction of sp³-hybridized carbons (Fsp3) is 0.857. The SMILES string of the molecule is CC(C)C(C(=O)NCCC1CCN(C)CC1)C(N)=S. The second kappa shape index (κ2) is 7.80. The van der Waals surface area contributed by atoms with Gasteiger partial charge < -0.3 is 16.0 Å². The molecule has 1 unspecified atom stereocenters. The van der Waals surface area contributed by atoms with Crippen molar-refractivity contribution in [2.24, 2.45) is 23.5 Å². The van der Waals surface area contributed by atoms with Gasteiger partial charge in [0.05, 0.1) is 10.9 Å². The second-order valence-corrected chi connectivity index (χ2v) is 6.42. The maximum Gasteiger partial charge on any atom is 0.230 e. The number of hydrogen-bond donors (Lipinski definition) is 2. The Hall–Kier alpha value is -0.680. The molecule has 0 aromatic rings. The molecule has 1 saturated heterocycles. The number of nitrogens with one attached hydrogen (secondary N) is 1. The summed E-state index contributed by atoms with van der Waals surface area (Å²) in [6, 6.07) is 0. The Bertz CT molecular complexity index is 312. The molecule has 19 heavy (non-hydrogen) atoms. The highest BCUT2D eigenvalue weighted by atomic mass is 32.1. The monoisotopic (exact) mass is 285 g/mol. The number of carbonyl (C=O) groups excluding carboxylic acids is 1. The Morgan fingerprint density at radius 2 is 2.00 bits per heavy atom. The van der Waals surface area contributed by atoms with Gasteiger partial charge in [-0.25, -0.2) is 0 Å². The summed E-state index contributed by atoms with van der Waals surface area (Å²) in [6.07, 6.45) is 3.52. The number of nitrogens with two attached hydrogens (primary N) is 1. The lowest BCUT2D eigenvalue weighted by molar-refractivity contribution is -0.124. The Kier molecular flexibility index (Phi) is 6.72. The third-order valence-electron chi connectivity index (χ3n) is 3.95. The zero-order valence-electron chi connectivity index (χ0n) is 12.3. The van der Waals surface area contributed by atoms with Crippen LogP contribution in [-0.4, -0.2) is 42.5 Å². The van der Waals surface area contributed by atoms with Crippen LogP contribution in [0.2, 0.25) is 0 Å². The molecule has 1 aliphatic heterocycles. The van der Waals surface area contributed by atoms with Crippen LogP contribution in [0.15, 0.2) is 0 Å². The minimum absolute atomic E-state index is 0.0181. The average molecular weight is 285 g/mol. The third kappa shape index (κ3) is 5.45. The first kappa shape index (κ1) is 16.4. The van der Waals surface area contributed by atoms with E-state index < -0.39 is 0 Å². The number of piperidine rings is 1. The van der Waals surface area contributed by atoms with Gasteiger partial charge >= 0.3 is 0 Å². The van der Waals surface area contributed by atoms with Gasteiger partial charge in [0.25, 0.3) is 0 Å². The van der Waals surface area contributed by atoms with E-state index in [0.29, 0.717) is 4.99 Å². The number of rotatable bonds is 6. The van der Waals surface area contributed by atoms with Crippen molar-refractivity contribution in [3.8, 4) is 0 Å². The van der Waals surface area contributed by atoms with Crippen molar-refractivity contribution in [3.05, 3.63) is 0 Å². The lowest BCUT2D eigenvalue weighted by Gasteiger charge is -2.29. The number of hydrogen-bond acceptors (Lipinski definition) is 3. The van der Waals surface area contributed by atoms with Crippen LogP contribution in [0.1, 0.15) is 33.1 Å². The Morgan fingerprint density at radius 3 is 2.47 bits per heavy atom. The van der Waals surface area contributed by atoms with Crippen LogP contribution < -0.4 is 11.1 Å². The number of amides is 1. The molecule has 3 N–H and O–H groups in total. The molecule has 1 aliphatic rings. The Balaban J connectivity index is 2.28. The smallest absolute Gasteiger partial charge is 0.230 e. The molecule has 1 rings (SSSR count). The van der Waals surface area contributed by atoms with E-state index >= 15 is 0 Å². The molecule has 1 heterocycles. The lowest BCUT2D eigenvalue weighted by atomic mass is 9.93. The van der Waals surface area contributed by atoms with Gasteiger partial charge in [0.1, 0.15) is 0 Å². The second-order valence-electron chi connectivity index (χ2n) is 5.95. The molecule has 0 bridgehead atoms. The highest BCUT2D eigenvalue weighted by molar-refractivity contribution is 7.80. The predicted octanol–water partition coefficient (Wildman–Crippen LogP) is 1.39. The normalized spacial score (nSPS) is 19.4. The molecule has 0 spiro atoms. The molecule has 1 atom stereocenters. The Labute approximate surface area is 122 Å². The summed E-state index contributed by atoms with van der Waals surface area (Å²) < 4.78 is 0. The summed E-state index contributed by atoms with van der Waals surface area (Å²) >= 11 is 4.97. The summed E-state index contributed by atoms with van der Waals surface area (Å²) in [5.74, 6) is 0.530. The van der Waals surface area contributed by atoms with Crippen LogP contribution in [-0.2, 0) is 4.79 Å². The van der Waals surface area contributed by atoms with Crippen molar-refractivity contribution in [3.63, 3.8) is 0 Å². The van der Waals surface area contributed by atoms with Gasteiger partial charge in [-0.05, 0) is 51.2 Å². The van der Waals surface area contributed by atoms with Crippen LogP contribution in [0, 0.1) is 17.8 Å². The summed E-state index contributed by atoms with van der Waals surface area (Å²) in [7, 11) is 2.16. The highest BCUT2D eigenvalue weighted by Crippen LogP contribution is 2.19. The number of carbonyl (C=O) groups is 1. The predicted molar refractivity (Wildman–Crippen MR) is 83.0 cm³/mol. The van der Waals surface area contributed by atoms with E-state index in [4.69, 9.17) is 18.0 Å². The molecule has 4 nitrogen and oxygen atoms in total. The van der Waals surface area contributed by atoms with Crippen molar-refractivity contribution in [2.45, 2.75) is 33.1 Å². The number of thiocarbonyl (C=S) groups is 1. The first-order chi connectivity index (χ1) is 8.91. The van der Waals surface area contributed by atoms with Crippen molar-refractivity contribution < 1.29 is 4.79 Å². The van der Waals surface area contributed by atoms with Gasteiger partial charge in [-0.2, -0.15) is 0 Å². The number of likely N-dealkylation sites (tertiary alicyclic amines) is 1. The molecular formula is C14H27N3OS. The maximum atomic E-state index is 12.0. The van der Waals surface area contributed by atoms with Crippen molar-refractivity contribution in [1.29, 1.82) is 0 Å². The van der Waals surface area contributed by atoms with Crippen LogP contribution >= 0.6 is 12.2 Å². The van der Waals surface area contributed by atoms with E-state index in [1.165, 1.54) is 25.9 Å². The summed E-state index contributed by atoms with van der Waals surface area (Å²) in [6.45, 7) is 7.01. The molecule has 0 aliphatic carbocycles. The average Bonchev–Trinajstić information content (AvgIpc) is 2.30. The molecule has 0 radical (unpaired) electrons. The summed E-state index contributed by atoms with van der Waals surface area (Å²) in [5, 5.41) is 2.98. The van der Waals surface area contributed by atoms with Gasteiger partial charge in [-0.3, -0.25) is 4.79 Å². The minimum Gasteiger partial charge on any atom is -0.393 e. The third-order valence-corrected chi connectivity index (χ3v) is 4.20. The first-order valence-corrected chi connectivity index (χ1v) is 7.58. The minimum atomic E-state index is -0.340. The van der Waals surface area contributed by atoms with Crippen molar-refractivity contribution in [2.75, 3.05) is 26.7 Å². The summed E-state index contributed by atoms with van der Waals surface area (Å²) in [5.41, 5.74) is 5.63. The molecule has 1 amide bonds. The summed E-state index contributed by atoms with van der Waals surface area (Å²) in [4.78, 5) is 14.7. The van der Waals surface area contributed by atoms with Gasteiger partial charge in [0, 0.05) is 6.54 Å². The zero-order valence-corrected chi connectivity index (χ0v) is 13.1. The Morgan fingerprint density at radius 1 is 1.42 bits per heavy atom. The van der Waals surface area contributed by atoms with Crippen LogP contribution in [0.5, 0.6) is 0 Å². The molecule has 0 aromatic carbocycles. The lowest BCUT2D eigenvalue weighted by Crippen LogP contribution is -2.41. The van der Waals surface area contributed by atoms with Crippen molar-refractivity contribution in [1.82, 2.24) is 10.2 Å². The van der Waals surface area contributed by atoms with Gasteiger partial charge in [-0.15, -0.1) is 0 Å². The largest absolute Gasteiger partial charge is 0.393 e. The van der Waals surface area contributed by atoms with Crippen LogP contribution in [0.4, 0.5) is 0 Å². The van der Waals surface area contributed by atoms with Gasteiger partial charge in [0.15, 0.2) is 0 Å². The zero-order chi connectivity index (χ0) is 14.4. The fourth-order valence-electron chi connectivity index (χ4n) is 2.62. The quantitative estimate of drug-likeness (QED) is 0.724. The molecule has 5 heteroatoms. The topological polar surface area (TPSA) is 58.4 Å². The van der Waals surface area contributed by atoms with Gasteiger partial charge in [0.2, 0.25) is 5.91 Å². The molecule has 0 aromatic heterocycles. The van der Waals surface area contributed by atoms with E-state index in [-0.39, 0.29) is 17.7 Å². The molecule has 0 saturated carbocycles. The van der Waals surface area contributed by atoms with E-state index in [0.717, 1.165) is 18.9 Å². The van der Waals surface area contributed by atoms with E-state index in [1.807, 2.05) is 13.8 Å². The standard InChI is InChI=1S/C14H27N3OS/c1-10(2)12(13(15)19)14(18)16-7-4-11-5-8-17(3)9-6-11/h10-12H,4-9H2,1-3H3,(H2,15,19)(H,16,18). The fourth-order valence-corrected chi connectivity index (χ4v) is 3.00. The molecular weight excluding hydrogens is 258 g/mol. The van der Waals surface area contributed by atoms with E-state index in [2.05, 4.69) is 17.3 Å². The highest BCUT2D eigenvalue weighted by Gasteiger charge is 2.25. The van der Waals surface area contributed by atoms with Crippen LogP contribution in [0.25, 0.3) is 0 Å². The maximum absolute atomic E-state index is 12.0. The number of nitrogens with zero attached hydrogens (tertiary/aromatic N) is 1. The first-order valence-electron chi connectivity index (χ1n) is 7.17. The van der Waals surface area contributed by atoms with E-state index in [1.54, 1.807) is 0 Å². The molecule has 1 fully saturated rings. The van der Waals surface area contributed by atoms with Crippen LogP contribution in [0.3, 0.4) is 0 Å². The van der Waals surface area contributed by atoms with Gasteiger partial charge in [-0.1, -0.05) is 26.1 Å². The van der Waals surface area contributed by atoms with Crippen molar-refractivity contribution >= 4 is 23.1 Å². The molecule has 110 valence electrons.